The van der Waals surface area contributed by atoms with Gasteiger partial charge in [0.15, 0.2) is 12.1 Å². The summed E-state index contributed by atoms with van der Waals surface area (Å²) in [6, 6.07) is 0. The van der Waals surface area contributed by atoms with Crippen LogP contribution in [0.4, 0.5) is 0 Å². The summed E-state index contributed by atoms with van der Waals surface area (Å²) < 4.78 is 10.9. The second kappa shape index (κ2) is 5.38. The first-order valence-corrected chi connectivity index (χ1v) is 4.54. The second-order valence-electron chi connectivity index (χ2n) is 2.10. The van der Waals surface area contributed by atoms with Crippen LogP contribution in [-0.2, 0) is 4.74 Å². The monoisotopic (exact) mass is 205 g/mol. The molecule has 1 heterocycles. The van der Waals surface area contributed by atoms with Crippen molar-refractivity contribution in [3.05, 3.63) is 11.4 Å². The minimum Gasteiger partial charge on any atom is -0.379 e. The highest BCUT2D eigenvalue weighted by Gasteiger charge is 2.12. The van der Waals surface area contributed by atoms with Crippen molar-refractivity contribution in [2.75, 3.05) is 26.3 Å². The lowest BCUT2D eigenvalue weighted by Gasteiger charge is -2.20. The minimum absolute atomic E-state index is 0.0357. The number of hydrogen-bond donors (Lipinski definition) is 0. The number of ether oxygens (including phenoxy) is 1. The summed E-state index contributed by atoms with van der Waals surface area (Å²) in [7, 11) is 0. The molecule has 0 aromatic heterocycles. The van der Waals surface area contributed by atoms with Gasteiger partial charge in [-0.3, -0.25) is 0 Å². The van der Waals surface area contributed by atoms with Crippen molar-refractivity contribution in [2.24, 2.45) is 4.40 Å². The van der Waals surface area contributed by atoms with Gasteiger partial charge in [-0.2, -0.15) is 0 Å². The first-order valence-electron chi connectivity index (χ1n) is 3.43. The maximum atomic E-state index is 6.53. The number of nitrogens with zero attached hydrogens (tertiary/aromatic N) is 3. The van der Waals surface area contributed by atoms with Crippen molar-refractivity contribution < 1.29 is 4.74 Å². The number of hydrogen-bond acceptors (Lipinski definition) is 4. The Kier molecular flexibility index (Phi) is 4.40. The third-order valence-corrected chi connectivity index (χ3v) is 2.41. The fourth-order valence-electron chi connectivity index (χ4n) is 0.740. The van der Waals surface area contributed by atoms with E-state index in [-0.39, 0.29) is 5.29 Å². The van der Waals surface area contributed by atoms with Crippen LogP contribution in [0.3, 0.4) is 0 Å². The summed E-state index contributed by atoms with van der Waals surface area (Å²) in [5, 5.41) is -0.0357. The molecule has 12 heavy (non-hydrogen) atoms. The van der Waals surface area contributed by atoms with E-state index >= 15 is 0 Å². The summed E-state index contributed by atoms with van der Waals surface area (Å²) in [4.78, 5) is 2.96. The smallest absolute Gasteiger partial charge is 0.350 e. The minimum atomic E-state index is -0.0357. The van der Waals surface area contributed by atoms with Gasteiger partial charge in [0.1, 0.15) is 0 Å². The predicted molar refractivity (Wildman–Crippen MR) is 49.9 cm³/mol. The standard InChI is InChI=1S/C6H8ClN3OS/c1-8-6(7)9-12-10-2-4-11-5-3-10/h2-5H2/b9-6-. The van der Waals surface area contributed by atoms with Gasteiger partial charge in [0.25, 0.3) is 0 Å². The van der Waals surface area contributed by atoms with Crippen molar-refractivity contribution in [1.29, 1.82) is 0 Å². The van der Waals surface area contributed by atoms with Crippen LogP contribution < -0.4 is 0 Å². The van der Waals surface area contributed by atoms with Crippen molar-refractivity contribution in [3.63, 3.8) is 0 Å². The molecular formula is C6H8ClN3OS. The van der Waals surface area contributed by atoms with Gasteiger partial charge >= 0.3 is 5.29 Å². The normalized spacial score (nSPS) is 20.5. The average Bonchev–Trinajstić information content (AvgIpc) is 2.16. The Bertz CT molecular complexity index is 209. The maximum Gasteiger partial charge on any atom is 0.350 e. The highest BCUT2D eigenvalue weighted by Crippen LogP contribution is 2.14. The molecule has 1 aliphatic rings. The zero-order chi connectivity index (χ0) is 8.81. The van der Waals surface area contributed by atoms with Gasteiger partial charge < -0.3 is 9.58 Å². The van der Waals surface area contributed by atoms with Crippen LogP contribution in [0.15, 0.2) is 4.40 Å². The van der Waals surface area contributed by atoms with E-state index in [0.717, 1.165) is 26.3 Å². The molecule has 0 spiro atoms. The van der Waals surface area contributed by atoms with Crippen LogP contribution in [0.25, 0.3) is 4.85 Å². The SMILES string of the molecule is [C-]#[N+]/C(Cl)=N\SN1CCOCC1. The summed E-state index contributed by atoms with van der Waals surface area (Å²) in [6.07, 6.45) is 0. The van der Waals surface area contributed by atoms with Crippen LogP contribution in [0.5, 0.6) is 0 Å². The Morgan fingerprint density at radius 1 is 1.58 bits per heavy atom. The van der Waals surface area contributed by atoms with E-state index in [2.05, 4.69) is 9.24 Å². The molecule has 0 atom stereocenters. The van der Waals surface area contributed by atoms with Crippen LogP contribution in [-0.4, -0.2) is 35.9 Å². The molecule has 0 aliphatic carbocycles. The number of morpholine rings is 1. The van der Waals surface area contributed by atoms with Crippen LogP contribution in [0.1, 0.15) is 0 Å². The summed E-state index contributed by atoms with van der Waals surface area (Å²) >= 11 is 6.63. The fourth-order valence-corrected chi connectivity index (χ4v) is 1.37. The molecule has 0 aromatic rings. The molecule has 0 saturated carbocycles. The van der Waals surface area contributed by atoms with E-state index in [9.17, 15) is 0 Å². The third kappa shape index (κ3) is 3.41. The van der Waals surface area contributed by atoms with E-state index < -0.39 is 0 Å². The quantitative estimate of drug-likeness (QED) is 0.224. The molecule has 4 nitrogen and oxygen atoms in total. The third-order valence-electron chi connectivity index (χ3n) is 1.29. The van der Waals surface area contributed by atoms with Crippen molar-refractivity contribution in [3.8, 4) is 0 Å². The molecular weight excluding hydrogens is 198 g/mol. The van der Waals surface area contributed by atoms with Gasteiger partial charge in [0, 0.05) is 13.1 Å². The first kappa shape index (κ1) is 9.81. The lowest BCUT2D eigenvalue weighted by Crippen LogP contribution is -2.30. The van der Waals surface area contributed by atoms with E-state index in [1.54, 1.807) is 0 Å². The Labute approximate surface area is 80.6 Å². The lowest BCUT2D eigenvalue weighted by molar-refractivity contribution is 0.0773. The van der Waals surface area contributed by atoms with Gasteiger partial charge in [0.05, 0.1) is 13.2 Å². The number of amidine groups is 1. The van der Waals surface area contributed by atoms with Gasteiger partial charge in [-0.05, 0) is 0 Å². The maximum absolute atomic E-state index is 6.53. The second-order valence-corrected chi connectivity index (χ2v) is 3.30. The van der Waals surface area contributed by atoms with Crippen molar-refractivity contribution >= 4 is 29.0 Å². The topological polar surface area (TPSA) is 29.2 Å². The molecule has 0 N–H and O–H groups in total. The molecule has 0 bridgehead atoms. The van der Waals surface area contributed by atoms with Crippen molar-refractivity contribution in [2.45, 2.75) is 0 Å². The number of halogens is 1. The van der Waals surface area contributed by atoms with Gasteiger partial charge in [0.2, 0.25) is 0 Å². The van der Waals surface area contributed by atoms with Gasteiger partial charge in [-0.25, -0.2) is 4.31 Å². The van der Waals surface area contributed by atoms with E-state index in [4.69, 9.17) is 22.9 Å². The van der Waals surface area contributed by atoms with Gasteiger partial charge in [-0.1, -0.05) is 22.6 Å². The molecule has 0 amide bonds. The molecule has 1 aliphatic heterocycles. The van der Waals surface area contributed by atoms with Crippen LogP contribution in [0.2, 0.25) is 0 Å². The molecule has 1 rings (SSSR count). The summed E-state index contributed by atoms with van der Waals surface area (Å²) in [6.45, 7) is 9.63. The average molecular weight is 206 g/mol. The lowest BCUT2D eigenvalue weighted by atomic mass is 10.5. The molecule has 0 radical (unpaired) electrons. The van der Waals surface area contributed by atoms with E-state index in [1.165, 1.54) is 12.1 Å². The Morgan fingerprint density at radius 2 is 2.25 bits per heavy atom. The summed E-state index contributed by atoms with van der Waals surface area (Å²) in [5.74, 6) is 0. The molecule has 0 aromatic carbocycles. The molecule has 1 fully saturated rings. The highest BCUT2D eigenvalue weighted by molar-refractivity contribution is 7.96. The Balaban J connectivity index is 2.26. The zero-order valence-electron chi connectivity index (χ0n) is 6.36. The largest absolute Gasteiger partial charge is 0.379 e. The molecule has 0 unspecified atom stereocenters. The number of rotatable bonds is 2. The molecule has 6 heteroatoms. The first-order chi connectivity index (χ1) is 5.83. The summed E-state index contributed by atoms with van der Waals surface area (Å²) in [5.41, 5.74) is 0. The van der Waals surface area contributed by atoms with Crippen LogP contribution in [0, 0.1) is 6.57 Å². The van der Waals surface area contributed by atoms with E-state index in [0.29, 0.717) is 0 Å². The Hall–Kier alpha value is -0.280. The predicted octanol–water partition coefficient (Wildman–Crippen LogP) is 1.40. The van der Waals surface area contributed by atoms with Gasteiger partial charge in [-0.15, -0.1) is 0 Å². The molecule has 66 valence electrons. The fraction of sp³-hybridized carbons (Fsp3) is 0.667. The Morgan fingerprint density at radius 3 is 2.83 bits per heavy atom. The van der Waals surface area contributed by atoms with E-state index in [1.807, 2.05) is 4.31 Å². The zero-order valence-corrected chi connectivity index (χ0v) is 7.94. The highest BCUT2D eigenvalue weighted by atomic mass is 35.5. The van der Waals surface area contributed by atoms with Crippen LogP contribution >= 0.6 is 23.7 Å². The molecule has 1 saturated heterocycles. The van der Waals surface area contributed by atoms with Crippen molar-refractivity contribution in [1.82, 2.24) is 4.31 Å².